The molecule has 0 aromatic heterocycles. The third kappa shape index (κ3) is 2.05. The maximum atomic E-state index is 11.7. The number of fused-ring (bicyclic) bond motifs is 1. The molecule has 2 heteroatoms. The van der Waals surface area contributed by atoms with Crippen LogP contribution < -0.4 is 0 Å². The molecule has 0 saturated heterocycles. The Morgan fingerprint density at radius 2 is 1.60 bits per heavy atom. The van der Waals surface area contributed by atoms with Crippen LogP contribution in [0.3, 0.4) is 0 Å². The van der Waals surface area contributed by atoms with Crippen LogP contribution in [0.2, 0.25) is 0 Å². The molecular weight excluding hydrogens is 248 g/mol. The fraction of sp³-hybridized carbons (Fsp3) is 0.0556. The van der Waals surface area contributed by atoms with Gasteiger partial charge in [-0.15, -0.1) is 0 Å². The summed E-state index contributed by atoms with van der Waals surface area (Å²) in [5, 5.41) is 11.3. The lowest BCUT2D eigenvalue weighted by Gasteiger charge is -2.10. The van der Waals surface area contributed by atoms with Crippen LogP contribution in [0.4, 0.5) is 0 Å². The van der Waals surface area contributed by atoms with Gasteiger partial charge in [0.15, 0.2) is 0 Å². The molecule has 1 N–H and O–H groups in total. The molecule has 0 saturated carbocycles. The number of aryl methyl sites for hydroxylation is 1. The fourth-order valence-electron chi connectivity index (χ4n) is 2.48. The summed E-state index contributed by atoms with van der Waals surface area (Å²) in [7, 11) is 0. The Kier molecular flexibility index (Phi) is 2.99. The summed E-state index contributed by atoms with van der Waals surface area (Å²) in [6.07, 6.45) is 0. The summed E-state index contributed by atoms with van der Waals surface area (Å²) in [6, 6.07) is 19.3. The molecule has 0 atom stereocenters. The van der Waals surface area contributed by atoms with Crippen LogP contribution in [0.25, 0.3) is 21.9 Å². The van der Waals surface area contributed by atoms with Crippen LogP contribution in [0.15, 0.2) is 60.7 Å². The lowest BCUT2D eigenvalue weighted by molar-refractivity contribution is 0.0700. The van der Waals surface area contributed by atoms with Crippen LogP contribution in [-0.2, 0) is 0 Å². The number of carboxylic acids is 1. The Bertz CT molecular complexity index is 786. The van der Waals surface area contributed by atoms with Crippen molar-refractivity contribution in [1.29, 1.82) is 0 Å². The molecule has 2 nitrogen and oxygen atoms in total. The third-order valence-corrected chi connectivity index (χ3v) is 3.51. The minimum Gasteiger partial charge on any atom is -0.478 e. The van der Waals surface area contributed by atoms with E-state index >= 15 is 0 Å². The normalized spacial score (nSPS) is 10.7. The van der Waals surface area contributed by atoms with Gasteiger partial charge in [-0.2, -0.15) is 0 Å². The van der Waals surface area contributed by atoms with E-state index in [0.717, 1.165) is 27.5 Å². The van der Waals surface area contributed by atoms with E-state index in [-0.39, 0.29) is 0 Å². The van der Waals surface area contributed by atoms with Crippen molar-refractivity contribution in [3.05, 3.63) is 71.8 Å². The van der Waals surface area contributed by atoms with E-state index in [0.29, 0.717) is 5.56 Å². The number of hydrogen-bond acceptors (Lipinski definition) is 1. The van der Waals surface area contributed by atoms with Gasteiger partial charge in [0.05, 0.1) is 5.56 Å². The number of rotatable bonds is 2. The lowest BCUT2D eigenvalue weighted by atomic mass is 9.94. The lowest BCUT2D eigenvalue weighted by Crippen LogP contribution is -2.01. The van der Waals surface area contributed by atoms with Crippen molar-refractivity contribution in [1.82, 2.24) is 0 Å². The number of hydrogen-bond donors (Lipinski definition) is 1. The molecule has 3 aromatic carbocycles. The highest BCUT2D eigenvalue weighted by molar-refractivity contribution is 6.09. The van der Waals surface area contributed by atoms with E-state index in [1.807, 2.05) is 67.6 Å². The van der Waals surface area contributed by atoms with Crippen molar-refractivity contribution in [2.75, 3.05) is 0 Å². The zero-order chi connectivity index (χ0) is 14.1. The first kappa shape index (κ1) is 12.4. The average molecular weight is 262 g/mol. The van der Waals surface area contributed by atoms with Gasteiger partial charge in [-0.3, -0.25) is 0 Å². The van der Waals surface area contributed by atoms with Gasteiger partial charge in [0.2, 0.25) is 0 Å². The SMILES string of the molecule is Cc1ccc(-c2ccc3ccccc3c2C(=O)O)cc1. The van der Waals surface area contributed by atoms with Crippen LogP contribution in [-0.4, -0.2) is 11.1 Å². The second kappa shape index (κ2) is 4.82. The van der Waals surface area contributed by atoms with E-state index < -0.39 is 5.97 Å². The minimum absolute atomic E-state index is 0.368. The Hall–Kier alpha value is -2.61. The Morgan fingerprint density at radius 1 is 0.900 bits per heavy atom. The summed E-state index contributed by atoms with van der Waals surface area (Å²) in [5.74, 6) is -0.891. The predicted molar refractivity (Wildman–Crippen MR) is 81.1 cm³/mol. The van der Waals surface area contributed by atoms with Gasteiger partial charge in [-0.05, 0) is 28.8 Å². The van der Waals surface area contributed by atoms with Crippen molar-refractivity contribution < 1.29 is 9.90 Å². The van der Waals surface area contributed by atoms with Crippen molar-refractivity contribution in [3.63, 3.8) is 0 Å². The van der Waals surface area contributed by atoms with Crippen molar-refractivity contribution in [2.45, 2.75) is 6.92 Å². The van der Waals surface area contributed by atoms with Crippen LogP contribution >= 0.6 is 0 Å². The molecular formula is C18H14O2. The molecule has 0 unspecified atom stereocenters. The standard InChI is InChI=1S/C18H14O2/c1-12-6-8-14(9-7-12)16-11-10-13-4-2-3-5-15(13)17(16)18(19)20/h2-11H,1H3,(H,19,20). The molecule has 0 aliphatic carbocycles. The van der Waals surface area contributed by atoms with E-state index in [2.05, 4.69) is 0 Å². The summed E-state index contributed by atoms with van der Waals surface area (Å²) in [6.45, 7) is 2.02. The van der Waals surface area contributed by atoms with E-state index in [4.69, 9.17) is 0 Å². The number of aromatic carboxylic acids is 1. The summed E-state index contributed by atoms with van der Waals surface area (Å²) in [4.78, 5) is 11.7. The summed E-state index contributed by atoms with van der Waals surface area (Å²) < 4.78 is 0. The number of benzene rings is 3. The molecule has 0 radical (unpaired) electrons. The molecule has 0 aliphatic heterocycles. The molecule has 3 rings (SSSR count). The molecule has 0 amide bonds. The number of carboxylic acid groups (broad SMARTS) is 1. The highest BCUT2D eigenvalue weighted by atomic mass is 16.4. The molecule has 0 spiro atoms. The van der Waals surface area contributed by atoms with E-state index in [1.165, 1.54) is 0 Å². The van der Waals surface area contributed by atoms with Crippen molar-refractivity contribution >= 4 is 16.7 Å². The largest absolute Gasteiger partial charge is 0.478 e. The van der Waals surface area contributed by atoms with Crippen molar-refractivity contribution in [2.24, 2.45) is 0 Å². The highest BCUT2D eigenvalue weighted by Gasteiger charge is 2.15. The average Bonchev–Trinajstić information content (AvgIpc) is 2.46. The van der Waals surface area contributed by atoms with Gasteiger partial charge in [-0.1, -0.05) is 66.2 Å². The van der Waals surface area contributed by atoms with Crippen molar-refractivity contribution in [3.8, 4) is 11.1 Å². The second-order valence-corrected chi connectivity index (χ2v) is 4.88. The monoisotopic (exact) mass is 262 g/mol. The van der Waals surface area contributed by atoms with Crippen LogP contribution in [0, 0.1) is 6.92 Å². The molecule has 20 heavy (non-hydrogen) atoms. The Morgan fingerprint density at radius 3 is 2.30 bits per heavy atom. The number of carbonyl (C=O) groups is 1. The fourth-order valence-corrected chi connectivity index (χ4v) is 2.48. The van der Waals surface area contributed by atoms with Gasteiger partial charge in [-0.25, -0.2) is 4.79 Å². The first-order valence-corrected chi connectivity index (χ1v) is 6.49. The van der Waals surface area contributed by atoms with Gasteiger partial charge in [0, 0.05) is 0 Å². The molecule has 0 fully saturated rings. The first-order chi connectivity index (χ1) is 9.66. The van der Waals surface area contributed by atoms with Gasteiger partial charge in [0.1, 0.15) is 0 Å². The van der Waals surface area contributed by atoms with Crippen LogP contribution in [0.1, 0.15) is 15.9 Å². The van der Waals surface area contributed by atoms with Crippen LogP contribution in [0.5, 0.6) is 0 Å². The van der Waals surface area contributed by atoms with Gasteiger partial charge >= 0.3 is 5.97 Å². The summed E-state index contributed by atoms with van der Waals surface area (Å²) >= 11 is 0. The zero-order valence-electron chi connectivity index (χ0n) is 11.1. The second-order valence-electron chi connectivity index (χ2n) is 4.88. The maximum absolute atomic E-state index is 11.7. The Labute approximate surface area is 117 Å². The maximum Gasteiger partial charge on any atom is 0.336 e. The predicted octanol–water partition coefficient (Wildman–Crippen LogP) is 4.51. The molecule has 0 bridgehead atoms. The molecule has 0 aliphatic rings. The van der Waals surface area contributed by atoms with Gasteiger partial charge in [0.25, 0.3) is 0 Å². The molecule has 0 heterocycles. The Balaban J connectivity index is 2.33. The van der Waals surface area contributed by atoms with E-state index in [1.54, 1.807) is 0 Å². The third-order valence-electron chi connectivity index (χ3n) is 3.51. The summed E-state index contributed by atoms with van der Waals surface area (Å²) in [5.41, 5.74) is 3.22. The molecule has 3 aromatic rings. The topological polar surface area (TPSA) is 37.3 Å². The molecule has 98 valence electrons. The quantitative estimate of drug-likeness (QED) is 0.737. The smallest absolute Gasteiger partial charge is 0.336 e. The minimum atomic E-state index is -0.891. The van der Waals surface area contributed by atoms with Gasteiger partial charge < -0.3 is 5.11 Å². The highest BCUT2D eigenvalue weighted by Crippen LogP contribution is 2.30. The van der Waals surface area contributed by atoms with E-state index in [9.17, 15) is 9.90 Å². The zero-order valence-corrected chi connectivity index (χ0v) is 11.1. The first-order valence-electron chi connectivity index (χ1n) is 6.49.